The van der Waals surface area contributed by atoms with Crippen LogP contribution in [0.25, 0.3) is 0 Å². The van der Waals surface area contributed by atoms with Crippen molar-refractivity contribution in [1.82, 2.24) is 5.43 Å². The molecule has 14 heavy (non-hydrogen) atoms. The zero-order valence-electron chi connectivity index (χ0n) is 9.55. The fraction of sp³-hybridized carbons (Fsp3) is 0.833. The summed E-state index contributed by atoms with van der Waals surface area (Å²) in [5.74, 6) is 6.43. The minimum absolute atomic E-state index is 0.378. The van der Waals surface area contributed by atoms with Crippen LogP contribution in [-0.4, -0.2) is 6.04 Å². The Hall–Kier alpha value is -0.340. The molecule has 1 aliphatic rings. The molecule has 82 valence electrons. The Kier molecular flexibility index (Phi) is 5.20. The summed E-state index contributed by atoms with van der Waals surface area (Å²) in [6, 6.07) is 0.378. The SMILES string of the molecule is CC(C)=CC(CC1CCCCC1)NN. The highest BCUT2D eigenvalue weighted by atomic mass is 15.2. The van der Waals surface area contributed by atoms with E-state index in [4.69, 9.17) is 5.84 Å². The van der Waals surface area contributed by atoms with Gasteiger partial charge in [0.05, 0.1) is 0 Å². The average Bonchev–Trinajstić information content (AvgIpc) is 2.17. The van der Waals surface area contributed by atoms with Gasteiger partial charge < -0.3 is 0 Å². The van der Waals surface area contributed by atoms with E-state index in [1.165, 1.54) is 44.1 Å². The fourth-order valence-electron chi connectivity index (χ4n) is 2.37. The van der Waals surface area contributed by atoms with Crippen molar-refractivity contribution in [3.63, 3.8) is 0 Å². The summed E-state index contributed by atoms with van der Waals surface area (Å²) >= 11 is 0. The number of hydrogen-bond donors (Lipinski definition) is 2. The Morgan fingerprint density at radius 1 is 1.36 bits per heavy atom. The van der Waals surface area contributed by atoms with Crippen molar-refractivity contribution in [3.05, 3.63) is 11.6 Å². The van der Waals surface area contributed by atoms with Crippen LogP contribution in [0.2, 0.25) is 0 Å². The van der Waals surface area contributed by atoms with E-state index in [0.717, 1.165) is 5.92 Å². The van der Waals surface area contributed by atoms with Crippen LogP contribution in [0.3, 0.4) is 0 Å². The Bertz CT molecular complexity index is 177. The molecule has 0 amide bonds. The van der Waals surface area contributed by atoms with Crippen molar-refractivity contribution in [2.75, 3.05) is 0 Å². The average molecular weight is 196 g/mol. The molecule has 1 atom stereocenters. The van der Waals surface area contributed by atoms with Crippen LogP contribution in [0.5, 0.6) is 0 Å². The van der Waals surface area contributed by atoms with E-state index in [9.17, 15) is 0 Å². The molecular formula is C12H24N2. The fourth-order valence-corrected chi connectivity index (χ4v) is 2.37. The van der Waals surface area contributed by atoms with Crippen LogP contribution in [0.15, 0.2) is 11.6 Å². The first-order valence-corrected chi connectivity index (χ1v) is 5.83. The highest BCUT2D eigenvalue weighted by Crippen LogP contribution is 2.27. The predicted octanol–water partition coefficient (Wildman–Crippen LogP) is 2.75. The smallest absolute Gasteiger partial charge is 0.0395 e. The lowest BCUT2D eigenvalue weighted by molar-refractivity contribution is 0.316. The molecule has 1 unspecified atom stereocenters. The summed E-state index contributed by atoms with van der Waals surface area (Å²) in [7, 11) is 0. The number of rotatable bonds is 4. The van der Waals surface area contributed by atoms with E-state index in [1.54, 1.807) is 0 Å². The molecule has 0 spiro atoms. The molecule has 2 heteroatoms. The van der Waals surface area contributed by atoms with Gasteiger partial charge in [-0.1, -0.05) is 43.8 Å². The van der Waals surface area contributed by atoms with E-state index < -0.39 is 0 Å². The molecule has 0 aliphatic heterocycles. The van der Waals surface area contributed by atoms with Gasteiger partial charge in [0.25, 0.3) is 0 Å². The van der Waals surface area contributed by atoms with Gasteiger partial charge in [0.2, 0.25) is 0 Å². The molecule has 1 saturated carbocycles. The summed E-state index contributed by atoms with van der Waals surface area (Å²) in [5, 5.41) is 0. The van der Waals surface area contributed by atoms with Crippen LogP contribution in [-0.2, 0) is 0 Å². The molecule has 0 radical (unpaired) electrons. The molecule has 2 nitrogen and oxygen atoms in total. The molecular weight excluding hydrogens is 172 g/mol. The molecule has 0 aromatic heterocycles. The third-order valence-corrected chi connectivity index (χ3v) is 3.06. The normalized spacial score (nSPS) is 20.5. The van der Waals surface area contributed by atoms with Gasteiger partial charge in [-0.15, -0.1) is 0 Å². The van der Waals surface area contributed by atoms with Gasteiger partial charge in [-0.3, -0.25) is 11.3 Å². The molecule has 0 aromatic carbocycles. The van der Waals surface area contributed by atoms with Crippen LogP contribution in [0.4, 0.5) is 0 Å². The molecule has 0 saturated heterocycles. The van der Waals surface area contributed by atoms with E-state index >= 15 is 0 Å². The summed E-state index contributed by atoms with van der Waals surface area (Å²) in [5.41, 5.74) is 4.26. The van der Waals surface area contributed by atoms with Gasteiger partial charge in [-0.2, -0.15) is 0 Å². The van der Waals surface area contributed by atoms with Gasteiger partial charge >= 0.3 is 0 Å². The summed E-state index contributed by atoms with van der Waals surface area (Å²) in [6.07, 6.45) is 10.5. The van der Waals surface area contributed by atoms with E-state index in [0.29, 0.717) is 6.04 Å². The third-order valence-electron chi connectivity index (χ3n) is 3.06. The van der Waals surface area contributed by atoms with Crippen molar-refractivity contribution in [3.8, 4) is 0 Å². The van der Waals surface area contributed by atoms with E-state index in [2.05, 4.69) is 25.3 Å². The quantitative estimate of drug-likeness (QED) is 0.412. The van der Waals surface area contributed by atoms with E-state index in [1.807, 2.05) is 0 Å². The van der Waals surface area contributed by atoms with Crippen LogP contribution < -0.4 is 11.3 Å². The Morgan fingerprint density at radius 3 is 2.50 bits per heavy atom. The Morgan fingerprint density at radius 2 is 2.00 bits per heavy atom. The van der Waals surface area contributed by atoms with Gasteiger partial charge in [0.15, 0.2) is 0 Å². The number of allylic oxidation sites excluding steroid dienone is 1. The van der Waals surface area contributed by atoms with Crippen molar-refractivity contribution in [2.45, 2.75) is 58.4 Å². The molecule has 0 bridgehead atoms. The maximum Gasteiger partial charge on any atom is 0.0395 e. The lowest BCUT2D eigenvalue weighted by Gasteiger charge is -2.24. The number of nitrogens with one attached hydrogen (secondary N) is 1. The summed E-state index contributed by atoms with van der Waals surface area (Å²) in [6.45, 7) is 4.26. The van der Waals surface area contributed by atoms with Crippen molar-refractivity contribution < 1.29 is 0 Å². The Balaban J connectivity index is 2.35. The van der Waals surface area contributed by atoms with Crippen LogP contribution in [0.1, 0.15) is 52.4 Å². The predicted molar refractivity (Wildman–Crippen MR) is 61.7 cm³/mol. The summed E-state index contributed by atoms with van der Waals surface area (Å²) < 4.78 is 0. The second-order valence-electron chi connectivity index (χ2n) is 4.76. The first kappa shape index (κ1) is 11.7. The first-order chi connectivity index (χ1) is 6.72. The first-order valence-electron chi connectivity index (χ1n) is 5.83. The summed E-state index contributed by atoms with van der Waals surface area (Å²) in [4.78, 5) is 0. The largest absolute Gasteiger partial charge is 0.271 e. The van der Waals surface area contributed by atoms with Gasteiger partial charge in [0, 0.05) is 6.04 Å². The molecule has 1 fully saturated rings. The van der Waals surface area contributed by atoms with E-state index in [-0.39, 0.29) is 0 Å². The van der Waals surface area contributed by atoms with Crippen molar-refractivity contribution in [1.29, 1.82) is 0 Å². The van der Waals surface area contributed by atoms with Crippen LogP contribution >= 0.6 is 0 Å². The minimum atomic E-state index is 0.378. The van der Waals surface area contributed by atoms with Gasteiger partial charge in [0.1, 0.15) is 0 Å². The molecule has 0 aromatic rings. The van der Waals surface area contributed by atoms with Crippen LogP contribution in [0, 0.1) is 5.92 Å². The third kappa shape index (κ3) is 4.25. The monoisotopic (exact) mass is 196 g/mol. The molecule has 0 heterocycles. The molecule has 1 rings (SSSR count). The number of nitrogens with two attached hydrogens (primary N) is 1. The second-order valence-corrected chi connectivity index (χ2v) is 4.76. The van der Waals surface area contributed by atoms with Crippen molar-refractivity contribution >= 4 is 0 Å². The van der Waals surface area contributed by atoms with Gasteiger partial charge in [-0.25, -0.2) is 0 Å². The number of hydrogen-bond acceptors (Lipinski definition) is 2. The second kappa shape index (κ2) is 6.20. The highest BCUT2D eigenvalue weighted by molar-refractivity contribution is 5.01. The lowest BCUT2D eigenvalue weighted by atomic mass is 9.84. The lowest BCUT2D eigenvalue weighted by Crippen LogP contribution is -2.35. The molecule has 1 aliphatic carbocycles. The van der Waals surface area contributed by atoms with Crippen molar-refractivity contribution in [2.24, 2.45) is 11.8 Å². The van der Waals surface area contributed by atoms with Gasteiger partial charge in [-0.05, 0) is 26.2 Å². The standard InChI is InChI=1S/C12H24N2/c1-10(2)8-12(14-13)9-11-6-4-3-5-7-11/h8,11-12,14H,3-7,9,13H2,1-2H3. The zero-order valence-corrected chi connectivity index (χ0v) is 9.55. The minimum Gasteiger partial charge on any atom is -0.271 e. The highest BCUT2D eigenvalue weighted by Gasteiger charge is 2.16. The maximum absolute atomic E-state index is 5.54. The number of hydrazine groups is 1. The molecule has 3 N–H and O–H groups in total. The maximum atomic E-state index is 5.54. The zero-order chi connectivity index (χ0) is 10.4. The topological polar surface area (TPSA) is 38.0 Å². The Labute approximate surface area is 87.9 Å².